The number of hydrogen-bond acceptors (Lipinski definition) is 3. The number of aliphatic hydroxyl groups excluding tert-OH is 1. The van der Waals surface area contributed by atoms with Gasteiger partial charge in [-0.25, -0.2) is 4.79 Å². The standard InChI is InChI=1S/C18H31NO3/c1-17(2,3)22-16(21)19-15-12(8-6-7-9-20)10-13-11-14(15)18(13,4)5/h6-7,12-15,20H,8-11H2,1-5H3,(H,19,21)/b7-6+. The summed E-state index contributed by atoms with van der Waals surface area (Å²) in [7, 11) is 0. The van der Waals surface area contributed by atoms with Gasteiger partial charge in [-0.2, -0.15) is 0 Å². The van der Waals surface area contributed by atoms with Gasteiger partial charge < -0.3 is 15.2 Å². The van der Waals surface area contributed by atoms with Gasteiger partial charge in [0.1, 0.15) is 5.60 Å². The largest absolute Gasteiger partial charge is 0.444 e. The van der Waals surface area contributed by atoms with Crippen LogP contribution in [0.25, 0.3) is 0 Å². The minimum atomic E-state index is -0.470. The number of amides is 1. The lowest BCUT2D eigenvalue weighted by Crippen LogP contribution is -2.63. The second-order valence-corrected chi connectivity index (χ2v) is 8.42. The van der Waals surface area contributed by atoms with Crippen LogP contribution in [0.2, 0.25) is 0 Å². The summed E-state index contributed by atoms with van der Waals surface area (Å²) in [6.07, 6.45) is 6.76. The molecule has 0 radical (unpaired) electrons. The molecule has 0 saturated heterocycles. The summed E-state index contributed by atoms with van der Waals surface area (Å²) >= 11 is 0. The summed E-state index contributed by atoms with van der Waals surface area (Å²) in [5, 5.41) is 12.0. The summed E-state index contributed by atoms with van der Waals surface area (Å²) in [5.41, 5.74) is -0.167. The van der Waals surface area contributed by atoms with Crippen molar-refractivity contribution in [2.24, 2.45) is 23.2 Å². The van der Waals surface area contributed by atoms with Gasteiger partial charge in [0.25, 0.3) is 0 Å². The second kappa shape index (κ2) is 6.23. The fraction of sp³-hybridized carbons (Fsp3) is 0.833. The van der Waals surface area contributed by atoms with E-state index in [0.29, 0.717) is 17.3 Å². The third-order valence-corrected chi connectivity index (χ3v) is 5.47. The first-order chi connectivity index (χ1) is 10.1. The average Bonchev–Trinajstić information content (AvgIpc) is 2.37. The smallest absolute Gasteiger partial charge is 0.407 e. The van der Waals surface area contributed by atoms with Crippen molar-refractivity contribution in [1.29, 1.82) is 0 Å². The molecule has 4 heteroatoms. The highest BCUT2D eigenvalue weighted by atomic mass is 16.6. The highest BCUT2D eigenvalue weighted by molar-refractivity contribution is 5.68. The van der Waals surface area contributed by atoms with E-state index in [-0.39, 0.29) is 18.7 Å². The van der Waals surface area contributed by atoms with Crippen LogP contribution >= 0.6 is 0 Å². The van der Waals surface area contributed by atoms with Crippen LogP contribution in [-0.2, 0) is 4.74 Å². The van der Waals surface area contributed by atoms with Crippen molar-refractivity contribution in [1.82, 2.24) is 5.32 Å². The fourth-order valence-corrected chi connectivity index (χ4v) is 4.16. The predicted molar refractivity (Wildman–Crippen MR) is 87.5 cm³/mol. The lowest BCUT2D eigenvalue weighted by atomic mass is 9.44. The maximum absolute atomic E-state index is 12.2. The molecule has 3 fully saturated rings. The molecule has 4 unspecified atom stereocenters. The molecule has 0 aliphatic heterocycles. The molecule has 2 bridgehead atoms. The number of ether oxygens (including phenoxy) is 1. The molecule has 0 aromatic heterocycles. The molecule has 0 aromatic carbocycles. The van der Waals surface area contributed by atoms with Crippen LogP contribution in [0.5, 0.6) is 0 Å². The first-order valence-electron chi connectivity index (χ1n) is 8.40. The number of carbonyl (C=O) groups excluding carboxylic acids is 1. The molecule has 22 heavy (non-hydrogen) atoms. The Balaban J connectivity index is 2.04. The molecule has 3 aliphatic carbocycles. The van der Waals surface area contributed by atoms with Gasteiger partial charge in [-0.15, -0.1) is 0 Å². The number of carbonyl (C=O) groups is 1. The summed E-state index contributed by atoms with van der Waals surface area (Å²) in [6, 6.07) is 0.165. The molecule has 3 saturated carbocycles. The molecular formula is C18H31NO3. The number of fused-ring (bicyclic) bond motifs is 2. The van der Waals surface area contributed by atoms with Crippen molar-refractivity contribution in [3.63, 3.8) is 0 Å². The predicted octanol–water partition coefficient (Wildman–Crippen LogP) is 3.50. The zero-order chi connectivity index (χ0) is 16.5. The van der Waals surface area contributed by atoms with Gasteiger partial charge >= 0.3 is 6.09 Å². The highest BCUT2D eigenvalue weighted by Crippen LogP contribution is 2.61. The van der Waals surface area contributed by atoms with E-state index in [1.165, 1.54) is 6.42 Å². The van der Waals surface area contributed by atoms with Gasteiger partial charge in [0.2, 0.25) is 0 Å². The first kappa shape index (κ1) is 17.3. The van der Waals surface area contributed by atoms with E-state index in [1.807, 2.05) is 26.8 Å². The van der Waals surface area contributed by atoms with Crippen LogP contribution in [0.4, 0.5) is 4.79 Å². The molecule has 2 N–H and O–H groups in total. The van der Waals surface area contributed by atoms with Gasteiger partial charge in [-0.05, 0) is 63.2 Å². The quantitative estimate of drug-likeness (QED) is 0.781. The van der Waals surface area contributed by atoms with Crippen molar-refractivity contribution < 1.29 is 14.6 Å². The van der Waals surface area contributed by atoms with E-state index in [0.717, 1.165) is 18.8 Å². The molecule has 0 aromatic rings. The normalized spacial score (nSPS) is 33.4. The number of rotatable bonds is 4. The minimum Gasteiger partial charge on any atom is -0.444 e. The van der Waals surface area contributed by atoms with Crippen LogP contribution in [0, 0.1) is 23.2 Å². The van der Waals surface area contributed by atoms with Crippen LogP contribution < -0.4 is 5.32 Å². The lowest BCUT2D eigenvalue weighted by molar-refractivity contribution is -0.113. The fourth-order valence-electron chi connectivity index (χ4n) is 4.16. The third-order valence-electron chi connectivity index (χ3n) is 5.47. The number of aliphatic hydroxyl groups is 1. The maximum Gasteiger partial charge on any atom is 0.407 e. The molecule has 1 amide bonds. The van der Waals surface area contributed by atoms with Gasteiger partial charge in [0.05, 0.1) is 6.61 Å². The average molecular weight is 309 g/mol. The number of alkyl carbamates (subject to hydrolysis) is 1. The zero-order valence-electron chi connectivity index (χ0n) is 14.6. The molecular weight excluding hydrogens is 278 g/mol. The molecule has 0 spiro atoms. The van der Waals surface area contributed by atoms with E-state index in [1.54, 1.807) is 6.08 Å². The van der Waals surface area contributed by atoms with Gasteiger partial charge in [0.15, 0.2) is 0 Å². The Labute approximate surface area is 134 Å². The van der Waals surface area contributed by atoms with E-state index in [4.69, 9.17) is 9.84 Å². The van der Waals surface area contributed by atoms with Crippen LogP contribution in [-0.4, -0.2) is 29.4 Å². The van der Waals surface area contributed by atoms with Crippen molar-refractivity contribution >= 4 is 6.09 Å². The third kappa shape index (κ3) is 3.65. The molecule has 0 heterocycles. The van der Waals surface area contributed by atoms with E-state index < -0.39 is 5.60 Å². The van der Waals surface area contributed by atoms with E-state index in [9.17, 15) is 4.79 Å². The maximum atomic E-state index is 12.2. The van der Waals surface area contributed by atoms with E-state index in [2.05, 4.69) is 19.2 Å². The Morgan fingerprint density at radius 3 is 2.55 bits per heavy atom. The molecule has 3 aliphatic rings. The Bertz CT molecular complexity index is 436. The molecule has 4 atom stereocenters. The summed E-state index contributed by atoms with van der Waals surface area (Å²) in [5.74, 6) is 1.71. The van der Waals surface area contributed by atoms with Crippen LogP contribution in [0.3, 0.4) is 0 Å². The lowest BCUT2D eigenvalue weighted by Gasteiger charge is -2.62. The van der Waals surface area contributed by atoms with Gasteiger partial charge in [-0.1, -0.05) is 26.0 Å². The summed E-state index contributed by atoms with van der Waals surface area (Å²) in [4.78, 5) is 12.2. The topological polar surface area (TPSA) is 58.6 Å². The number of allylic oxidation sites excluding steroid dienone is 1. The molecule has 4 nitrogen and oxygen atoms in total. The second-order valence-electron chi connectivity index (χ2n) is 8.42. The van der Waals surface area contributed by atoms with Crippen molar-refractivity contribution in [3.05, 3.63) is 12.2 Å². The van der Waals surface area contributed by atoms with Gasteiger partial charge in [0, 0.05) is 6.04 Å². The monoisotopic (exact) mass is 309 g/mol. The number of nitrogens with one attached hydrogen (secondary N) is 1. The summed E-state index contributed by atoms with van der Waals surface area (Å²) < 4.78 is 5.44. The van der Waals surface area contributed by atoms with Crippen molar-refractivity contribution in [2.45, 2.75) is 65.5 Å². The first-order valence-corrected chi connectivity index (χ1v) is 8.40. The Hall–Kier alpha value is -1.03. The Morgan fingerprint density at radius 2 is 2.00 bits per heavy atom. The highest BCUT2D eigenvalue weighted by Gasteiger charge is 2.57. The van der Waals surface area contributed by atoms with Crippen LogP contribution in [0.15, 0.2) is 12.2 Å². The van der Waals surface area contributed by atoms with Crippen molar-refractivity contribution in [3.8, 4) is 0 Å². The van der Waals surface area contributed by atoms with E-state index >= 15 is 0 Å². The van der Waals surface area contributed by atoms with Gasteiger partial charge in [-0.3, -0.25) is 0 Å². The minimum absolute atomic E-state index is 0.0786. The van der Waals surface area contributed by atoms with Crippen LogP contribution in [0.1, 0.15) is 53.9 Å². The molecule has 3 rings (SSSR count). The molecule has 126 valence electrons. The Kier molecular flexibility index (Phi) is 4.90. The summed E-state index contributed by atoms with van der Waals surface area (Å²) in [6.45, 7) is 10.4. The number of hydrogen-bond donors (Lipinski definition) is 2. The SMILES string of the molecule is CC(C)(C)OC(=O)NC1C(C/C=C/CO)CC2CC1C2(C)C. The Morgan fingerprint density at radius 1 is 1.32 bits per heavy atom. The van der Waals surface area contributed by atoms with Crippen molar-refractivity contribution in [2.75, 3.05) is 6.61 Å². The zero-order valence-corrected chi connectivity index (χ0v) is 14.6.